The van der Waals surface area contributed by atoms with Crippen molar-refractivity contribution >= 4 is 5.69 Å². The van der Waals surface area contributed by atoms with Crippen molar-refractivity contribution in [1.82, 2.24) is 14.5 Å². The number of nitro benzene ring substituents is 1. The molecule has 116 valence electrons. The Morgan fingerprint density at radius 3 is 2.74 bits per heavy atom. The third-order valence-electron chi connectivity index (χ3n) is 3.49. The minimum absolute atomic E-state index is 0.0402. The highest BCUT2D eigenvalue weighted by molar-refractivity contribution is 5.54. The maximum Gasteiger partial charge on any atom is 0.269 e. The van der Waals surface area contributed by atoms with E-state index in [1.165, 1.54) is 12.1 Å². The fourth-order valence-corrected chi connectivity index (χ4v) is 2.36. The number of pyridine rings is 1. The zero-order valence-corrected chi connectivity index (χ0v) is 12.1. The van der Waals surface area contributed by atoms with E-state index in [1.54, 1.807) is 41.5 Å². The average Bonchev–Trinajstić information content (AvgIpc) is 3.04. The first-order valence-corrected chi connectivity index (χ1v) is 6.99. The molecule has 0 aliphatic carbocycles. The van der Waals surface area contributed by atoms with Crippen LogP contribution >= 0.6 is 0 Å². The van der Waals surface area contributed by atoms with Crippen LogP contribution in [0, 0.1) is 10.1 Å². The molecule has 3 aromatic rings. The van der Waals surface area contributed by atoms with Crippen molar-refractivity contribution in [3.63, 3.8) is 0 Å². The summed E-state index contributed by atoms with van der Waals surface area (Å²) in [4.78, 5) is 18.6. The smallest absolute Gasteiger partial charge is 0.269 e. The zero-order chi connectivity index (χ0) is 16.2. The average molecular weight is 310 g/mol. The predicted octanol–water partition coefficient (Wildman–Crippen LogP) is 2.59. The van der Waals surface area contributed by atoms with Gasteiger partial charge in [0.1, 0.15) is 5.82 Å². The van der Waals surface area contributed by atoms with E-state index in [0.29, 0.717) is 11.4 Å². The first-order valence-electron chi connectivity index (χ1n) is 6.99. The molecule has 0 radical (unpaired) electrons. The van der Waals surface area contributed by atoms with E-state index in [2.05, 4.69) is 9.97 Å². The molecule has 1 atom stereocenters. The van der Waals surface area contributed by atoms with Gasteiger partial charge in [-0.2, -0.15) is 0 Å². The van der Waals surface area contributed by atoms with Gasteiger partial charge in [0, 0.05) is 42.5 Å². The van der Waals surface area contributed by atoms with E-state index >= 15 is 0 Å². The van der Waals surface area contributed by atoms with Crippen LogP contribution < -0.4 is 0 Å². The highest BCUT2D eigenvalue weighted by Crippen LogP contribution is 2.23. The summed E-state index contributed by atoms with van der Waals surface area (Å²) >= 11 is 0. The highest BCUT2D eigenvalue weighted by atomic mass is 16.6. The lowest BCUT2D eigenvalue weighted by atomic mass is 10.1. The highest BCUT2D eigenvalue weighted by Gasteiger charge is 2.15. The Kier molecular flexibility index (Phi) is 4.11. The summed E-state index contributed by atoms with van der Waals surface area (Å²) in [5, 5.41) is 21.2. The molecule has 0 spiro atoms. The second-order valence-corrected chi connectivity index (χ2v) is 5.01. The molecule has 23 heavy (non-hydrogen) atoms. The van der Waals surface area contributed by atoms with Crippen LogP contribution in [-0.4, -0.2) is 24.6 Å². The molecule has 0 amide bonds. The van der Waals surface area contributed by atoms with Crippen LogP contribution in [0.25, 0.3) is 11.4 Å². The molecule has 2 heterocycles. The summed E-state index contributed by atoms with van der Waals surface area (Å²) in [6.07, 6.45) is 5.88. The van der Waals surface area contributed by atoms with Gasteiger partial charge in [0.2, 0.25) is 0 Å². The van der Waals surface area contributed by atoms with Crippen LogP contribution in [0.3, 0.4) is 0 Å². The number of aliphatic hydroxyl groups is 1. The number of aromatic nitrogens is 3. The summed E-state index contributed by atoms with van der Waals surface area (Å²) in [5.74, 6) is 0.705. The van der Waals surface area contributed by atoms with E-state index in [0.717, 1.165) is 5.56 Å². The van der Waals surface area contributed by atoms with Crippen molar-refractivity contribution in [2.45, 2.75) is 12.6 Å². The first kappa shape index (κ1) is 14.9. The van der Waals surface area contributed by atoms with Crippen LogP contribution in [0.15, 0.2) is 61.2 Å². The quantitative estimate of drug-likeness (QED) is 0.577. The molecule has 0 bridgehead atoms. The molecule has 1 N–H and O–H groups in total. The fraction of sp³-hybridized carbons (Fsp3) is 0.125. The molecule has 3 rings (SSSR count). The van der Waals surface area contributed by atoms with E-state index in [-0.39, 0.29) is 12.2 Å². The lowest BCUT2D eigenvalue weighted by Crippen LogP contribution is -2.09. The summed E-state index contributed by atoms with van der Waals surface area (Å²) in [5.41, 5.74) is 1.34. The van der Waals surface area contributed by atoms with Gasteiger partial charge in [-0.05, 0) is 17.7 Å². The van der Waals surface area contributed by atoms with Gasteiger partial charge in [-0.1, -0.05) is 12.1 Å². The Hall–Kier alpha value is -3.06. The Morgan fingerprint density at radius 2 is 2.00 bits per heavy atom. The van der Waals surface area contributed by atoms with Crippen molar-refractivity contribution in [2.24, 2.45) is 0 Å². The van der Waals surface area contributed by atoms with E-state index in [9.17, 15) is 15.2 Å². The minimum atomic E-state index is -0.871. The molecule has 1 unspecified atom stereocenters. The Balaban J connectivity index is 1.84. The molecular formula is C16H14N4O3. The van der Waals surface area contributed by atoms with Crippen LogP contribution in [-0.2, 0) is 6.54 Å². The number of aliphatic hydroxyl groups excluding tert-OH is 1. The normalized spacial score (nSPS) is 12.0. The Morgan fingerprint density at radius 1 is 1.22 bits per heavy atom. The monoisotopic (exact) mass is 310 g/mol. The number of hydrogen-bond donors (Lipinski definition) is 1. The SMILES string of the molecule is O=[N+]([O-])c1cccc(C(O)Cn2ccnc2-c2ccncc2)c1. The third-order valence-corrected chi connectivity index (χ3v) is 3.49. The molecule has 0 saturated heterocycles. The minimum Gasteiger partial charge on any atom is -0.387 e. The van der Waals surface area contributed by atoms with E-state index in [4.69, 9.17) is 0 Å². The third kappa shape index (κ3) is 3.24. The standard InChI is InChI=1S/C16H14N4O3/c21-15(13-2-1-3-14(10-13)20(22)23)11-19-9-8-18-16(19)12-4-6-17-7-5-12/h1-10,15,21H,11H2. The second kappa shape index (κ2) is 6.37. The van der Waals surface area contributed by atoms with Gasteiger partial charge < -0.3 is 9.67 Å². The second-order valence-electron chi connectivity index (χ2n) is 5.01. The van der Waals surface area contributed by atoms with Crippen molar-refractivity contribution in [3.8, 4) is 11.4 Å². The van der Waals surface area contributed by atoms with Gasteiger partial charge in [-0.15, -0.1) is 0 Å². The molecule has 0 fully saturated rings. The van der Waals surface area contributed by atoms with Crippen LogP contribution in [0.1, 0.15) is 11.7 Å². The number of nitrogens with zero attached hydrogens (tertiary/aromatic N) is 4. The predicted molar refractivity (Wildman–Crippen MR) is 83.5 cm³/mol. The van der Waals surface area contributed by atoms with Crippen molar-refractivity contribution in [2.75, 3.05) is 0 Å². The molecule has 0 saturated carbocycles. The van der Waals surface area contributed by atoms with Gasteiger partial charge in [0.15, 0.2) is 0 Å². The molecular weight excluding hydrogens is 296 g/mol. The number of imidazole rings is 1. The fourth-order valence-electron chi connectivity index (χ4n) is 2.36. The lowest BCUT2D eigenvalue weighted by molar-refractivity contribution is -0.385. The Bertz CT molecular complexity index is 817. The summed E-state index contributed by atoms with van der Waals surface area (Å²) in [7, 11) is 0. The molecule has 7 heteroatoms. The number of nitro groups is 1. The Labute approximate surface area is 132 Å². The summed E-state index contributed by atoms with van der Waals surface area (Å²) < 4.78 is 1.80. The maximum absolute atomic E-state index is 10.8. The van der Waals surface area contributed by atoms with Crippen molar-refractivity contribution in [3.05, 3.63) is 76.9 Å². The summed E-state index contributed by atoms with van der Waals surface area (Å²) in [6.45, 7) is 0.249. The van der Waals surface area contributed by atoms with Crippen LogP contribution in [0.5, 0.6) is 0 Å². The number of rotatable bonds is 5. The first-order chi connectivity index (χ1) is 11.1. The van der Waals surface area contributed by atoms with Crippen LogP contribution in [0.2, 0.25) is 0 Å². The van der Waals surface area contributed by atoms with Gasteiger partial charge in [0.25, 0.3) is 5.69 Å². The van der Waals surface area contributed by atoms with E-state index < -0.39 is 11.0 Å². The maximum atomic E-state index is 10.8. The van der Waals surface area contributed by atoms with Gasteiger partial charge in [0.05, 0.1) is 17.6 Å². The number of benzene rings is 1. The molecule has 2 aromatic heterocycles. The summed E-state index contributed by atoms with van der Waals surface area (Å²) in [6, 6.07) is 9.68. The topological polar surface area (TPSA) is 94.1 Å². The van der Waals surface area contributed by atoms with Crippen LogP contribution in [0.4, 0.5) is 5.69 Å². The largest absolute Gasteiger partial charge is 0.387 e. The molecule has 1 aromatic carbocycles. The van der Waals surface area contributed by atoms with Crippen molar-refractivity contribution < 1.29 is 10.0 Å². The van der Waals surface area contributed by atoms with Gasteiger partial charge in [-0.3, -0.25) is 15.1 Å². The van der Waals surface area contributed by atoms with Crippen molar-refractivity contribution in [1.29, 1.82) is 0 Å². The lowest BCUT2D eigenvalue weighted by Gasteiger charge is -2.14. The molecule has 0 aliphatic heterocycles. The molecule has 7 nitrogen and oxygen atoms in total. The number of hydrogen-bond acceptors (Lipinski definition) is 5. The zero-order valence-electron chi connectivity index (χ0n) is 12.1. The van der Waals surface area contributed by atoms with Gasteiger partial charge in [-0.25, -0.2) is 4.98 Å². The number of non-ortho nitro benzene ring substituents is 1. The van der Waals surface area contributed by atoms with Gasteiger partial charge >= 0.3 is 0 Å². The van der Waals surface area contributed by atoms with E-state index in [1.807, 2.05) is 12.1 Å². The molecule has 0 aliphatic rings.